The van der Waals surface area contributed by atoms with Gasteiger partial charge in [-0.25, -0.2) is 4.79 Å². The van der Waals surface area contributed by atoms with Gasteiger partial charge in [-0.3, -0.25) is 0 Å². The fourth-order valence-corrected chi connectivity index (χ4v) is 5.26. The fraction of sp³-hybridized carbons (Fsp3) is 0.455. The average molecular weight is 417 g/mol. The molecule has 150 valence electrons. The van der Waals surface area contributed by atoms with Crippen LogP contribution in [0.1, 0.15) is 59.0 Å². The second kappa shape index (κ2) is 10.0. The van der Waals surface area contributed by atoms with E-state index >= 15 is 0 Å². The van der Waals surface area contributed by atoms with Gasteiger partial charge in [0.1, 0.15) is 5.00 Å². The van der Waals surface area contributed by atoms with Crippen LogP contribution in [-0.4, -0.2) is 24.2 Å². The lowest BCUT2D eigenvalue weighted by Gasteiger charge is -2.17. The van der Waals surface area contributed by atoms with Crippen LogP contribution in [0.5, 0.6) is 0 Å². The zero-order chi connectivity index (χ0) is 19.9. The topological polar surface area (TPSA) is 50.4 Å². The quantitative estimate of drug-likeness (QED) is 0.389. The van der Waals surface area contributed by atoms with E-state index in [0.29, 0.717) is 10.7 Å². The van der Waals surface area contributed by atoms with Crippen LogP contribution in [0, 0.1) is 0 Å². The third-order valence-corrected chi connectivity index (χ3v) is 6.55. The third-order valence-electron chi connectivity index (χ3n) is 5.12. The summed E-state index contributed by atoms with van der Waals surface area (Å²) in [5.41, 5.74) is 3.15. The zero-order valence-corrected chi connectivity index (χ0v) is 18.2. The Bertz CT molecular complexity index is 817. The largest absolute Gasteiger partial charge is 0.465 e. The highest BCUT2D eigenvalue weighted by molar-refractivity contribution is 7.80. The van der Waals surface area contributed by atoms with E-state index in [2.05, 4.69) is 41.8 Å². The number of aryl methyl sites for hydroxylation is 2. The van der Waals surface area contributed by atoms with Gasteiger partial charge in [0.2, 0.25) is 0 Å². The maximum absolute atomic E-state index is 12.4. The number of ether oxygens (including phenoxy) is 1. The van der Waals surface area contributed by atoms with Crippen molar-refractivity contribution in [2.45, 2.75) is 57.9 Å². The van der Waals surface area contributed by atoms with Gasteiger partial charge in [0.15, 0.2) is 5.11 Å². The fourth-order valence-electron chi connectivity index (χ4n) is 3.61. The van der Waals surface area contributed by atoms with Gasteiger partial charge in [0.25, 0.3) is 0 Å². The summed E-state index contributed by atoms with van der Waals surface area (Å²) < 4.78 is 5.06. The molecule has 1 unspecified atom stereocenters. The Labute approximate surface area is 176 Å². The molecule has 0 bridgehead atoms. The number of benzene rings is 1. The molecule has 1 aromatic carbocycles. The highest BCUT2D eigenvalue weighted by Crippen LogP contribution is 2.37. The first-order chi connectivity index (χ1) is 13.6. The van der Waals surface area contributed by atoms with E-state index in [4.69, 9.17) is 17.0 Å². The third kappa shape index (κ3) is 5.32. The predicted molar refractivity (Wildman–Crippen MR) is 120 cm³/mol. The van der Waals surface area contributed by atoms with Gasteiger partial charge >= 0.3 is 5.97 Å². The lowest BCUT2D eigenvalue weighted by atomic mass is 10.1. The predicted octanol–water partition coefficient (Wildman–Crippen LogP) is 5.11. The summed E-state index contributed by atoms with van der Waals surface area (Å²) >= 11 is 7.17. The molecule has 0 saturated heterocycles. The van der Waals surface area contributed by atoms with Crippen LogP contribution in [0.25, 0.3) is 0 Å². The summed E-state index contributed by atoms with van der Waals surface area (Å²) in [5.74, 6) is -0.276. The van der Waals surface area contributed by atoms with E-state index in [1.54, 1.807) is 11.3 Å². The van der Waals surface area contributed by atoms with Gasteiger partial charge in [-0.1, -0.05) is 36.8 Å². The van der Waals surface area contributed by atoms with Crippen molar-refractivity contribution in [2.75, 3.05) is 12.4 Å². The maximum atomic E-state index is 12.4. The number of hydrogen-bond donors (Lipinski definition) is 2. The monoisotopic (exact) mass is 416 g/mol. The molecule has 28 heavy (non-hydrogen) atoms. The highest BCUT2D eigenvalue weighted by Gasteiger charge is 2.25. The molecule has 0 fully saturated rings. The van der Waals surface area contributed by atoms with Crippen LogP contribution in [0.3, 0.4) is 0 Å². The number of methoxy groups -OCH3 is 1. The molecule has 1 heterocycles. The lowest BCUT2D eigenvalue weighted by Crippen LogP contribution is -2.36. The molecule has 1 aliphatic carbocycles. The Morgan fingerprint density at radius 1 is 1.21 bits per heavy atom. The zero-order valence-electron chi connectivity index (χ0n) is 16.5. The van der Waals surface area contributed by atoms with E-state index in [1.807, 2.05) is 6.07 Å². The van der Waals surface area contributed by atoms with Crippen LogP contribution >= 0.6 is 23.6 Å². The molecule has 2 N–H and O–H groups in total. The minimum Gasteiger partial charge on any atom is -0.465 e. The lowest BCUT2D eigenvalue weighted by molar-refractivity contribution is 0.0601. The number of carbonyl (C=O) groups excluding carboxylic acids is 1. The van der Waals surface area contributed by atoms with Crippen LogP contribution < -0.4 is 10.6 Å². The first kappa shape index (κ1) is 20.8. The van der Waals surface area contributed by atoms with Gasteiger partial charge < -0.3 is 15.4 Å². The van der Waals surface area contributed by atoms with Crippen molar-refractivity contribution in [1.29, 1.82) is 0 Å². The molecule has 0 aliphatic heterocycles. The van der Waals surface area contributed by atoms with E-state index in [0.717, 1.165) is 42.7 Å². The Morgan fingerprint density at radius 3 is 2.71 bits per heavy atom. The smallest absolute Gasteiger partial charge is 0.341 e. The molecule has 0 amide bonds. The van der Waals surface area contributed by atoms with Gasteiger partial charge in [0.05, 0.1) is 12.7 Å². The minimum atomic E-state index is -0.276. The van der Waals surface area contributed by atoms with E-state index in [1.165, 1.54) is 30.4 Å². The number of thiocarbonyl (C=S) groups is 1. The summed E-state index contributed by atoms with van der Waals surface area (Å²) in [4.78, 5) is 13.7. The summed E-state index contributed by atoms with van der Waals surface area (Å²) in [5, 5.41) is 7.99. The molecule has 6 heteroatoms. The van der Waals surface area contributed by atoms with Crippen molar-refractivity contribution in [3.8, 4) is 0 Å². The number of nitrogens with one attached hydrogen (secondary N) is 2. The first-order valence-corrected chi connectivity index (χ1v) is 11.1. The van der Waals surface area contributed by atoms with E-state index in [9.17, 15) is 4.79 Å². The summed E-state index contributed by atoms with van der Waals surface area (Å²) in [6, 6.07) is 10.7. The van der Waals surface area contributed by atoms with Gasteiger partial charge in [0, 0.05) is 10.9 Å². The molecular weight excluding hydrogens is 388 g/mol. The van der Waals surface area contributed by atoms with Gasteiger partial charge in [-0.15, -0.1) is 11.3 Å². The number of carbonyl (C=O) groups is 1. The number of esters is 1. The number of hydrogen-bond acceptors (Lipinski definition) is 4. The normalized spacial score (nSPS) is 14.5. The number of anilines is 1. The van der Waals surface area contributed by atoms with Crippen molar-refractivity contribution < 1.29 is 9.53 Å². The van der Waals surface area contributed by atoms with Crippen LogP contribution in [-0.2, 0) is 24.0 Å². The second-order valence-corrected chi connectivity index (χ2v) is 8.80. The van der Waals surface area contributed by atoms with Crippen LogP contribution in [0.15, 0.2) is 30.3 Å². The van der Waals surface area contributed by atoms with E-state index in [-0.39, 0.29) is 12.0 Å². The molecule has 0 radical (unpaired) electrons. The van der Waals surface area contributed by atoms with Crippen molar-refractivity contribution in [1.82, 2.24) is 5.32 Å². The number of rotatable bonds is 6. The Balaban J connectivity index is 1.63. The molecule has 1 aromatic heterocycles. The van der Waals surface area contributed by atoms with Crippen molar-refractivity contribution >= 4 is 39.6 Å². The molecule has 4 nitrogen and oxygen atoms in total. The average Bonchev–Trinajstić information content (AvgIpc) is 2.86. The summed E-state index contributed by atoms with van der Waals surface area (Å²) in [6.07, 6.45) is 7.45. The first-order valence-electron chi connectivity index (χ1n) is 9.92. The van der Waals surface area contributed by atoms with Crippen molar-refractivity contribution in [3.05, 3.63) is 51.9 Å². The molecule has 1 aliphatic rings. The number of thiophene rings is 1. The molecular formula is C22H28N2O2S2. The van der Waals surface area contributed by atoms with Crippen molar-refractivity contribution in [2.24, 2.45) is 0 Å². The van der Waals surface area contributed by atoms with Crippen LogP contribution in [0.2, 0.25) is 0 Å². The molecule has 0 spiro atoms. The van der Waals surface area contributed by atoms with Gasteiger partial charge in [-0.2, -0.15) is 0 Å². The van der Waals surface area contributed by atoms with Crippen LogP contribution in [0.4, 0.5) is 5.00 Å². The summed E-state index contributed by atoms with van der Waals surface area (Å²) in [7, 11) is 1.44. The Morgan fingerprint density at radius 2 is 1.96 bits per heavy atom. The number of fused-ring (bicyclic) bond motifs is 1. The second-order valence-electron chi connectivity index (χ2n) is 7.28. The molecule has 2 aromatic rings. The van der Waals surface area contributed by atoms with E-state index < -0.39 is 0 Å². The Hall–Kier alpha value is -1.92. The SMILES string of the molecule is COC(=O)c1c(NC(=S)NC(C)CCc2ccccc2)sc2c1CCCCC2. The maximum Gasteiger partial charge on any atom is 0.341 e. The molecule has 3 rings (SSSR count). The van der Waals surface area contributed by atoms with Crippen molar-refractivity contribution in [3.63, 3.8) is 0 Å². The molecule has 0 saturated carbocycles. The molecule has 1 atom stereocenters. The minimum absolute atomic E-state index is 0.236. The highest BCUT2D eigenvalue weighted by atomic mass is 32.1. The van der Waals surface area contributed by atoms with Gasteiger partial charge in [-0.05, 0) is 68.8 Å². The Kier molecular flexibility index (Phi) is 7.45. The standard InChI is InChI=1S/C22H28N2O2S2/c1-15(13-14-16-9-5-3-6-10-16)23-22(27)24-20-19(21(25)26-2)17-11-7-4-8-12-18(17)28-20/h3,5-6,9-10,15H,4,7-8,11-14H2,1-2H3,(H2,23,24,27). The summed E-state index contributed by atoms with van der Waals surface area (Å²) in [6.45, 7) is 2.13.